The number of carboxylic acid groups (broad SMARTS) is 1. The molecule has 1 heterocycles. The predicted molar refractivity (Wildman–Crippen MR) is 77.8 cm³/mol. The minimum absolute atomic E-state index is 0.206. The second kappa shape index (κ2) is 6.80. The first-order valence-electron chi connectivity index (χ1n) is 6.67. The molecule has 1 atom stereocenters. The van der Waals surface area contributed by atoms with Crippen molar-refractivity contribution in [3.8, 4) is 0 Å². The van der Waals surface area contributed by atoms with Gasteiger partial charge in [-0.3, -0.25) is 9.59 Å². The zero-order valence-corrected chi connectivity index (χ0v) is 11.9. The Balaban J connectivity index is 2.21. The SMILES string of the molecule is Cc1cccc(C(=O)N[C@H](CC(=O)O)c2ccc(F)cc2)n1. The molecule has 1 aromatic heterocycles. The van der Waals surface area contributed by atoms with Crippen molar-refractivity contribution in [3.05, 3.63) is 65.2 Å². The molecule has 0 unspecified atom stereocenters. The van der Waals surface area contributed by atoms with E-state index in [9.17, 15) is 14.0 Å². The molecule has 2 aromatic rings. The Labute approximate surface area is 126 Å². The van der Waals surface area contributed by atoms with Gasteiger partial charge in [0.25, 0.3) is 5.91 Å². The minimum Gasteiger partial charge on any atom is -0.481 e. The summed E-state index contributed by atoms with van der Waals surface area (Å²) < 4.78 is 13.0. The topological polar surface area (TPSA) is 79.3 Å². The maximum Gasteiger partial charge on any atom is 0.305 e. The second-order valence-corrected chi connectivity index (χ2v) is 4.84. The van der Waals surface area contributed by atoms with Crippen LogP contribution in [0.4, 0.5) is 4.39 Å². The molecule has 0 aliphatic rings. The number of benzene rings is 1. The Bertz CT molecular complexity index is 686. The lowest BCUT2D eigenvalue weighted by molar-refractivity contribution is -0.137. The van der Waals surface area contributed by atoms with Gasteiger partial charge in [0.2, 0.25) is 0 Å². The summed E-state index contributed by atoms with van der Waals surface area (Å²) in [5.74, 6) is -1.96. The third-order valence-electron chi connectivity index (χ3n) is 3.08. The Morgan fingerprint density at radius 1 is 1.23 bits per heavy atom. The van der Waals surface area contributed by atoms with Crippen molar-refractivity contribution in [2.24, 2.45) is 0 Å². The van der Waals surface area contributed by atoms with E-state index in [0.717, 1.165) is 0 Å². The highest BCUT2D eigenvalue weighted by atomic mass is 19.1. The molecular formula is C16H15FN2O3. The van der Waals surface area contributed by atoms with E-state index in [2.05, 4.69) is 10.3 Å². The molecule has 0 aliphatic carbocycles. The molecule has 0 saturated heterocycles. The largest absolute Gasteiger partial charge is 0.481 e. The van der Waals surface area contributed by atoms with Crippen molar-refractivity contribution < 1.29 is 19.1 Å². The molecular weight excluding hydrogens is 287 g/mol. The van der Waals surface area contributed by atoms with Gasteiger partial charge in [-0.05, 0) is 36.8 Å². The maximum atomic E-state index is 13.0. The number of nitrogens with zero attached hydrogens (tertiary/aromatic N) is 1. The molecule has 2 N–H and O–H groups in total. The van der Waals surface area contributed by atoms with Gasteiger partial charge in [-0.1, -0.05) is 18.2 Å². The van der Waals surface area contributed by atoms with Gasteiger partial charge >= 0.3 is 5.97 Å². The highest BCUT2D eigenvalue weighted by molar-refractivity contribution is 5.92. The summed E-state index contributed by atoms with van der Waals surface area (Å²) in [5.41, 5.74) is 1.41. The van der Waals surface area contributed by atoms with E-state index in [4.69, 9.17) is 5.11 Å². The van der Waals surface area contributed by atoms with E-state index in [0.29, 0.717) is 11.3 Å². The van der Waals surface area contributed by atoms with Gasteiger partial charge in [-0.15, -0.1) is 0 Å². The van der Waals surface area contributed by atoms with Crippen molar-refractivity contribution in [2.45, 2.75) is 19.4 Å². The average Bonchev–Trinajstić information content (AvgIpc) is 2.47. The van der Waals surface area contributed by atoms with E-state index in [1.54, 1.807) is 25.1 Å². The maximum absolute atomic E-state index is 13.0. The van der Waals surface area contributed by atoms with Crippen LogP contribution in [-0.2, 0) is 4.79 Å². The van der Waals surface area contributed by atoms with Crippen LogP contribution in [0.15, 0.2) is 42.5 Å². The Kier molecular flexibility index (Phi) is 4.83. The molecule has 0 radical (unpaired) electrons. The van der Waals surface area contributed by atoms with Gasteiger partial charge in [0.1, 0.15) is 11.5 Å². The third kappa shape index (κ3) is 4.12. The quantitative estimate of drug-likeness (QED) is 0.889. The summed E-state index contributed by atoms with van der Waals surface area (Å²) in [5, 5.41) is 11.6. The lowest BCUT2D eigenvalue weighted by atomic mass is 10.0. The molecule has 114 valence electrons. The zero-order chi connectivity index (χ0) is 16.1. The molecule has 22 heavy (non-hydrogen) atoms. The summed E-state index contributed by atoms with van der Waals surface area (Å²) in [6.45, 7) is 1.76. The number of hydrogen-bond donors (Lipinski definition) is 2. The van der Waals surface area contributed by atoms with Crippen molar-refractivity contribution in [3.63, 3.8) is 0 Å². The van der Waals surface area contributed by atoms with Crippen molar-refractivity contribution in [2.75, 3.05) is 0 Å². The number of rotatable bonds is 5. The fraction of sp³-hybridized carbons (Fsp3) is 0.188. The fourth-order valence-electron chi connectivity index (χ4n) is 2.02. The highest BCUT2D eigenvalue weighted by Gasteiger charge is 2.19. The number of aromatic nitrogens is 1. The van der Waals surface area contributed by atoms with Crippen molar-refractivity contribution in [1.29, 1.82) is 0 Å². The number of carbonyl (C=O) groups is 2. The number of amides is 1. The lowest BCUT2D eigenvalue weighted by Crippen LogP contribution is -2.30. The van der Waals surface area contributed by atoms with E-state index < -0.39 is 23.7 Å². The Morgan fingerprint density at radius 2 is 1.91 bits per heavy atom. The molecule has 0 aliphatic heterocycles. The summed E-state index contributed by atoms with van der Waals surface area (Å²) in [6.07, 6.45) is -0.302. The normalized spacial score (nSPS) is 11.7. The number of aliphatic carboxylic acids is 1. The van der Waals surface area contributed by atoms with Crippen LogP contribution in [0.25, 0.3) is 0 Å². The van der Waals surface area contributed by atoms with E-state index in [-0.39, 0.29) is 12.1 Å². The van der Waals surface area contributed by atoms with Gasteiger partial charge in [-0.2, -0.15) is 0 Å². The Hall–Kier alpha value is -2.76. The fourth-order valence-corrected chi connectivity index (χ4v) is 2.02. The molecule has 1 amide bonds. The van der Waals surface area contributed by atoms with Gasteiger partial charge < -0.3 is 10.4 Å². The van der Waals surface area contributed by atoms with E-state index in [1.807, 2.05) is 0 Å². The number of nitrogens with one attached hydrogen (secondary N) is 1. The van der Waals surface area contributed by atoms with Crippen molar-refractivity contribution >= 4 is 11.9 Å². The van der Waals surface area contributed by atoms with E-state index in [1.165, 1.54) is 24.3 Å². The Morgan fingerprint density at radius 3 is 2.50 bits per heavy atom. The van der Waals surface area contributed by atoms with Crippen LogP contribution in [0.3, 0.4) is 0 Å². The lowest BCUT2D eigenvalue weighted by Gasteiger charge is -2.17. The number of carboxylic acids is 1. The molecule has 5 nitrogen and oxygen atoms in total. The first-order valence-corrected chi connectivity index (χ1v) is 6.67. The number of pyridine rings is 1. The van der Waals surface area contributed by atoms with Crippen LogP contribution in [0.1, 0.15) is 34.2 Å². The summed E-state index contributed by atoms with van der Waals surface area (Å²) in [4.78, 5) is 27.3. The predicted octanol–water partition coefficient (Wildman–Crippen LogP) is 2.47. The zero-order valence-electron chi connectivity index (χ0n) is 11.9. The van der Waals surface area contributed by atoms with Gasteiger partial charge in [-0.25, -0.2) is 9.37 Å². The molecule has 1 aromatic carbocycles. The summed E-state index contributed by atoms with van der Waals surface area (Å²) in [7, 11) is 0. The molecule has 0 fully saturated rings. The first kappa shape index (κ1) is 15.6. The average molecular weight is 302 g/mol. The van der Waals surface area contributed by atoms with Crippen LogP contribution < -0.4 is 5.32 Å². The molecule has 0 saturated carbocycles. The summed E-state index contributed by atoms with van der Waals surface area (Å²) >= 11 is 0. The third-order valence-corrected chi connectivity index (χ3v) is 3.08. The standard InChI is InChI=1S/C16H15FN2O3/c1-10-3-2-4-13(18-10)16(22)19-14(9-15(20)21)11-5-7-12(17)8-6-11/h2-8,14H,9H2,1H3,(H,19,22)(H,20,21)/t14-/m1/s1. The first-order chi connectivity index (χ1) is 10.5. The molecule has 0 bridgehead atoms. The number of hydrogen-bond acceptors (Lipinski definition) is 3. The number of carbonyl (C=O) groups excluding carboxylic acids is 1. The van der Waals surface area contributed by atoms with Gasteiger partial charge in [0.05, 0.1) is 12.5 Å². The number of aryl methyl sites for hydroxylation is 1. The van der Waals surface area contributed by atoms with Gasteiger partial charge in [0, 0.05) is 5.69 Å². The minimum atomic E-state index is -1.06. The van der Waals surface area contributed by atoms with Crippen LogP contribution in [-0.4, -0.2) is 22.0 Å². The monoisotopic (exact) mass is 302 g/mol. The smallest absolute Gasteiger partial charge is 0.305 e. The highest BCUT2D eigenvalue weighted by Crippen LogP contribution is 2.18. The number of halogens is 1. The summed E-state index contributed by atoms with van der Waals surface area (Å²) in [6, 6.07) is 9.59. The van der Waals surface area contributed by atoms with Crippen LogP contribution in [0.2, 0.25) is 0 Å². The molecule has 6 heteroatoms. The molecule has 0 spiro atoms. The van der Waals surface area contributed by atoms with Crippen LogP contribution in [0.5, 0.6) is 0 Å². The molecule has 2 rings (SSSR count). The van der Waals surface area contributed by atoms with Crippen LogP contribution >= 0.6 is 0 Å². The second-order valence-electron chi connectivity index (χ2n) is 4.84. The van der Waals surface area contributed by atoms with Gasteiger partial charge in [0.15, 0.2) is 0 Å². The van der Waals surface area contributed by atoms with Crippen molar-refractivity contribution in [1.82, 2.24) is 10.3 Å². The van der Waals surface area contributed by atoms with Crippen LogP contribution in [0, 0.1) is 12.7 Å². The van der Waals surface area contributed by atoms with E-state index >= 15 is 0 Å².